The van der Waals surface area contributed by atoms with Crippen molar-refractivity contribution in [1.29, 1.82) is 5.26 Å². The van der Waals surface area contributed by atoms with E-state index in [-0.39, 0.29) is 11.7 Å². The number of benzene rings is 2. The van der Waals surface area contributed by atoms with Gasteiger partial charge in [-0.25, -0.2) is 0 Å². The Hall–Kier alpha value is -3.04. The lowest BCUT2D eigenvalue weighted by Crippen LogP contribution is -2.32. The van der Waals surface area contributed by atoms with Crippen molar-refractivity contribution >= 4 is 22.8 Å². The Bertz CT molecular complexity index is 935. The van der Waals surface area contributed by atoms with Gasteiger partial charge < -0.3 is 19.5 Å². The summed E-state index contributed by atoms with van der Waals surface area (Å²) in [7, 11) is 0. The van der Waals surface area contributed by atoms with Crippen molar-refractivity contribution in [2.45, 2.75) is 32.8 Å². The number of carbonyl (C=O) groups excluding carboxylic acids is 1. The summed E-state index contributed by atoms with van der Waals surface area (Å²) in [5.41, 5.74) is 0.716. The normalized spacial score (nSPS) is 16.4. The molecule has 152 valence electrons. The van der Waals surface area contributed by atoms with Crippen LogP contribution in [0.1, 0.15) is 32.3 Å². The number of nitrogens with one attached hydrogen (secondary N) is 1. The second kappa shape index (κ2) is 9.94. The minimum absolute atomic E-state index is 0.0178. The zero-order valence-electron chi connectivity index (χ0n) is 16.9. The molecular formula is C23H26N2O4. The molecule has 1 N–H and O–H groups in total. The van der Waals surface area contributed by atoms with Gasteiger partial charge in [0.15, 0.2) is 0 Å². The summed E-state index contributed by atoms with van der Waals surface area (Å²) >= 11 is 0. The average Bonchev–Trinajstić information content (AvgIpc) is 3.25. The third kappa shape index (κ3) is 5.07. The zero-order chi connectivity index (χ0) is 20.6. The van der Waals surface area contributed by atoms with Crippen LogP contribution in [0.3, 0.4) is 0 Å². The van der Waals surface area contributed by atoms with Crippen LogP contribution in [0.2, 0.25) is 0 Å². The maximum atomic E-state index is 12.6. The Morgan fingerprint density at radius 3 is 2.76 bits per heavy atom. The number of hydrogen-bond donors (Lipinski definition) is 1. The molecule has 1 fully saturated rings. The lowest BCUT2D eigenvalue weighted by atomic mass is 10.0. The predicted octanol–water partition coefficient (Wildman–Crippen LogP) is 3.84. The molecule has 1 aliphatic rings. The highest BCUT2D eigenvalue weighted by Crippen LogP contribution is 2.33. The second-order valence-corrected chi connectivity index (χ2v) is 6.74. The Kier molecular flexibility index (Phi) is 7.09. The monoisotopic (exact) mass is 394 g/mol. The molecule has 2 aromatic carbocycles. The fourth-order valence-electron chi connectivity index (χ4n) is 3.39. The molecule has 1 aliphatic heterocycles. The standard InChI is InChI=1S/C23H26N2O4/c1-3-27-18-9-7-16-8-10-22(28-4-2)21(20(16)13-18)12-17(14-24)23(26)25-15-19-6-5-11-29-19/h7-10,12-13,19H,3-6,11,15H2,1-2H3,(H,25,26)/b17-12+/t19-/m0/s1. The lowest BCUT2D eigenvalue weighted by molar-refractivity contribution is -0.117. The summed E-state index contributed by atoms with van der Waals surface area (Å²) < 4.78 is 16.9. The number of hydrogen-bond acceptors (Lipinski definition) is 5. The van der Waals surface area contributed by atoms with Crippen molar-refractivity contribution in [3.63, 3.8) is 0 Å². The molecule has 1 amide bonds. The van der Waals surface area contributed by atoms with Crippen molar-refractivity contribution in [1.82, 2.24) is 5.32 Å². The number of nitrogens with zero attached hydrogens (tertiary/aromatic N) is 1. The second-order valence-electron chi connectivity index (χ2n) is 6.74. The predicted molar refractivity (Wildman–Crippen MR) is 112 cm³/mol. The molecule has 0 aromatic heterocycles. The molecule has 6 heteroatoms. The highest BCUT2D eigenvalue weighted by molar-refractivity contribution is 6.05. The zero-order valence-corrected chi connectivity index (χ0v) is 16.9. The summed E-state index contributed by atoms with van der Waals surface area (Å²) in [4.78, 5) is 12.6. The molecule has 0 radical (unpaired) electrons. The smallest absolute Gasteiger partial charge is 0.262 e. The number of nitriles is 1. The van der Waals surface area contributed by atoms with Crippen molar-refractivity contribution < 1.29 is 19.0 Å². The minimum atomic E-state index is -0.414. The summed E-state index contributed by atoms with van der Waals surface area (Å²) in [6, 6.07) is 11.6. The molecule has 0 saturated carbocycles. The van der Waals surface area contributed by atoms with Crippen LogP contribution in [0, 0.1) is 11.3 Å². The first-order valence-corrected chi connectivity index (χ1v) is 10.00. The summed E-state index contributed by atoms with van der Waals surface area (Å²) in [6.07, 6.45) is 3.53. The van der Waals surface area contributed by atoms with Crippen molar-refractivity contribution in [2.75, 3.05) is 26.4 Å². The van der Waals surface area contributed by atoms with Gasteiger partial charge in [0, 0.05) is 18.7 Å². The molecule has 0 spiro atoms. The van der Waals surface area contributed by atoms with E-state index in [1.807, 2.05) is 50.2 Å². The van der Waals surface area contributed by atoms with E-state index in [1.54, 1.807) is 6.08 Å². The highest BCUT2D eigenvalue weighted by Gasteiger charge is 2.18. The van der Waals surface area contributed by atoms with Gasteiger partial charge in [0.05, 0.1) is 19.3 Å². The Morgan fingerprint density at radius 1 is 1.28 bits per heavy atom. The van der Waals surface area contributed by atoms with Crippen molar-refractivity contribution in [3.8, 4) is 17.6 Å². The molecule has 29 heavy (non-hydrogen) atoms. The third-order valence-corrected chi connectivity index (χ3v) is 4.77. The summed E-state index contributed by atoms with van der Waals surface area (Å²) in [5, 5.41) is 14.2. The highest BCUT2D eigenvalue weighted by atomic mass is 16.5. The van der Waals surface area contributed by atoms with Crippen molar-refractivity contribution in [3.05, 3.63) is 41.5 Å². The van der Waals surface area contributed by atoms with Gasteiger partial charge in [-0.05, 0) is 61.7 Å². The summed E-state index contributed by atoms with van der Waals surface area (Å²) in [6.45, 7) is 5.97. The molecule has 0 unspecified atom stereocenters. The number of ether oxygens (including phenoxy) is 3. The minimum Gasteiger partial charge on any atom is -0.494 e. The van der Waals surface area contributed by atoms with Crippen LogP contribution < -0.4 is 14.8 Å². The van der Waals surface area contributed by atoms with Crippen LogP contribution in [0.5, 0.6) is 11.5 Å². The number of fused-ring (bicyclic) bond motifs is 1. The first-order chi connectivity index (χ1) is 14.2. The molecule has 0 bridgehead atoms. The molecule has 3 rings (SSSR count). The largest absolute Gasteiger partial charge is 0.494 e. The van der Waals surface area contributed by atoms with E-state index in [2.05, 4.69) is 5.32 Å². The van der Waals surface area contributed by atoms with Gasteiger partial charge >= 0.3 is 0 Å². The number of carbonyl (C=O) groups is 1. The van der Waals surface area contributed by atoms with Crippen LogP contribution in [0.25, 0.3) is 16.8 Å². The number of rotatable bonds is 8. The van der Waals surface area contributed by atoms with Crippen LogP contribution in [-0.4, -0.2) is 38.4 Å². The van der Waals surface area contributed by atoms with Crippen LogP contribution in [-0.2, 0) is 9.53 Å². The molecule has 2 aromatic rings. The first kappa shape index (κ1) is 20.7. The van der Waals surface area contributed by atoms with Gasteiger partial charge in [0.2, 0.25) is 0 Å². The van der Waals surface area contributed by atoms with Gasteiger partial charge in [-0.1, -0.05) is 12.1 Å². The fraction of sp³-hybridized carbons (Fsp3) is 0.391. The Morgan fingerprint density at radius 2 is 2.07 bits per heavy atom. The van der Waals surface area contributed by atoms with Gasteiger partial charge in [0.25, 0.3) is 5.91 Å². The van der Waals surface area contributed by atoms with E-state index in [0.29, 0.717) is 31.1 Å². The van der Waals surface area contributed by atoms with Gasteiger partial charge in [-0.15, -0.1) is 0 Å². The summed E-state index contributed by atoms with van der Waals surface area (Å²) in [5.74, 6) is 0.932. The Labute approximate surface area is 171 Å². The Balaban J connectivity index is 1.97. The molecule has 1 saturated heterocycles. The van der Waals surface area contributed by atoms with Gasteiger partial charge in [-0.2, -0.15) is 5.26 Å². The average molecular weight is 394 g/mol. The van der Waals surface area contributed by atoms with E-state index in [4.69, 9.17) is 14.2 Å². The quantitative estimate of drug-likeness (QED) is 0.543. The maximum Gasteiger partial charge on any atom is 0.262 e. The van der Waals surface area contributed by atoms with Crippen LogP contribution in [0.15, 0.2) is 35.9 Å². The van der Waals surface area contributed by atoms with E-state index >= 15 is 0 Å². The van der Waals surface area contributed by atoms with Gasteiger partial charge in [0.1, 0.15) is 23.1 Å². The van der Waals surface area contributed by atoms with E-state index < -0.39 is 5.91 Å². The van der Waals surface area contributed by atoms with Gasteiger partial charge in [-0.3, -0.25) is 4.79 Å². The van der Waals surface area contributed by atoms with E-state index in [1.165, 1.54) is 0 Å². The lowest BCUT2D eigenvalue weighted by Gasteiger charge is -2.13. The number of amides is 1. The SMILES string of the molecule is CCOc1ccc2ccc(OCC)c(/C=C(\C#N)C(=O)NC[C@@H]3CCCO3)c2c1. The topological polar surface area (TPSA) is 80.6 Å². The molecule has 6 nitrogen and oxygen atoms in total. The fourth-order valence-corrected chi connectivity index (χ4v) is 3.39. The van der Waals surface area contributed by atoms with Crippen molar-refractivity contribution in [2.24, 2.45) is 0 Å². The van der Waals surface area contributed by atoms with E-state index in [9.17, 15) is 10.1 Å². The molecular weight excluding hydrogens is 368 g/mol. The van der Waals surface area contributed by atoms with E-state index in [0.717, 1.165) is 36.0 Å². The molecule has 1 heterocycles. The van der Waals surface area contributed by atoms with Crippen LogP contribution in [0.4, 0.5) is 0 Å². The maximum absolute atomic E-state index is 12.6. The molecule has 0 aliphatic carbocycles. The first-order valence-electron chi connectivity index (χ1n) is 10.00. The van der Waals surface area contributed by atoms with Crippen LogP contribution >= 0.6 is 0 Å². The molecule has 1 atom stereocenters. The third-order valence-electron chi connectivity index (χ3n) is 4.77.